The van der Waals surface area contributed by atoms with E-state index in [0.717, 1.165) is 12.8 Å². The van der Waals surface area contributed by atoms with Gasteiger partial charge in [0.05, 0.1) is 6.33 Å². The Labute approximate surface area is 157 Å². The molecule has 1 unspecified atom stereocenters. The maximum absolute atomic E-state index is 12.9. The van der Waals surface area contributed by atoms with Crippen LogP contribution >= 0.6 is 0 Å². The molecule has 1 atom stereocenters. The molecule has 4 heterocycles. The Morgan fingerprint density at radius 2 is 2.19 bits per heavy atom. The zero-order chi connectivity index (χ0) is 18.9. The molecule has 0 saturated carbocycles. The zero-order valence-corrected chi connectivity index (χ0v) is 15.7. The van der Waals surface area contributed by atoms with Gasteiger partial charge >= 0.3 is 0 Å². The number of sulfonamides is 1. The number of hydrogen-bond acceptors (Lipinski definition) is 7. The minimum absolute atomic E-state index is 0.0891. The summed E-state index contributed by atoms with van der Waals surface area (Å²) in [5.74, 6) is 0.924. The van der Waals surface area contributed by atoms with Crippen LogP contribution in [0.1, 0.15) is 25.1 Å². The predicted octanol–water partition coefficient (Wildman–Crippen LogP) is 1.65. The molecule has 4 rings (SSSR count). The maximum atomic E-state index is 12.9. The maximum Gasteiger partial charge on any atom is 0.276 e. The van der Waals surface area contributed by atoms with E-state index in [1.807, 2.05) is 12.1 Å². The van der Waals surface area contributed by atoms with Crippen LogP contribution in [0.3, 0.4) is 0 Å². The fraction of sp³-hybridized carbons (Fsp3) is 0.412. The predicted molar refractivity (Wildman–Crippen MR) is 96.0 cm³/mol. The van der Waals surface area contributed by atoms with Gasteiger partial charge in [0.25, 0.3) is 15.9 Å². The summed E-state index contributed by atoms with van der Waals surface area (Å²) in [6, 6.07) is 5.38. The van der Waals surface area contributed by atoms with Crippen LogP contribution in [0, 0.1) is 0 Å². The van der Waals surface area contributed by atoms with E-state index in [1.165, 1.54) is 12.5 Å². The van der Waals surface area contributed by atoms with Gasteiger partial charge in [0.1, 0.15) is 5.69 Å². The first-order valence-electron chi connectivity index (χ1n) is 8.78. The zero-order valence-electron chi connectivity index (χ0n) is 14.9. The number of rotatable bonds is 6. The largest absolute Gasteiger partial charge is 0.339 e. The highest BCUT2D eigenvalue weighted by Gasteiger charge is 2.36. The molecule has 1 aliphatic rings. The normalized spacial score (nSPS) is 18.2. The lowest BCUT2D eigenvalue weighted by Crippen LogP contribution is -2.36. The average Bonchev–Trinajstić information content (AvgIpc) is 3.41. The number of pyridine rings is 1. The molecule has 10 heteroatoms. The highest BCUT2D eigenvalue weighted by atomic mass is 32.2. The first kappa shape index (κ1) is 17.8. The van der Waals surface area contributed by atoms with Gasteiger partial charge in [-0.15, -0.1) is 0 Å². The monoisotopic (exact) mass is 388 g/mol. The first-order valence-corrected chi connectivity index (χ1v) is 10.2. The van der Waals surface area contributed by atoms with Crippen LogP contribution in [0.15, 0.2) is 46.5 Å². The van der Waals surface area contributed by atoms with Gasteiger partial charge in [0.2, 0.25) is 0 Å². The average molecular weight is 388 g/mol. The van der Waals surface area contributed by atoms with Crippen molar-refractivity contribution in [3.8, 4) is 11.6 Å². The minimum Gasteiger partial charge on any atom is -0.339 e. The Kier molecular flexibility index (Phi) is 4.75. The summed E-state index contributed by atoms with van der Waals surface area (Å²) in [7, 11) is -1.83. The van der Waals surface area contributed by atoms with E-state index in [2.05, 4.69) is 20.1 Å². The van der Waals surface area contributed by atoms with Crippen LogP contribution in [0.25, 0.3) is 11.6 Å². The Bertz CT molecular complexity index is 1010. The van der Waals surface area contributed by atoms with Crippen molar-refractivity contribution in [3.05, 3.63) is 42.7 Å². The van der Waals surface area contributed by atoms with Gasteiger partial charge in [0.15, 0.2) is 10.9 Å². The SMILES string of the molecule is Cn1cnc(S(=O)(=O)N2CCCC2CCc2noc(-c3ccccn3)n2)c1. The molecular formula is C17H20N6O3S. The highest BCUT2D eigenvalue weighted by molar-refractivity contribution is 7.89. The number of hydrogen-bond donors (Lipinski definition) is 0. The molecule has 0 spiro atoms. The van der Waals surface area contributed by atoms with Crippen molar-refractivity contribution in [2.24, 2.45) is 7.05 Å². The van der Waals surface area contributed by atoms with Crippen LogP contribution in [-0.4, -0.2) is 50.0 Å². The first-order chi connectivity index (χ1) is 13.0. The second kappa shape index (κ2) is 7.20. The van der Waals surface area contributed by atoms with E-state index >= 15 is 0 Å². The van der Waals surface area contributed by atoms with Crippen molar-refractivity contribution in [2.45, 2.75) is 36.8 Å². The minimum atomic E-state index is -3.58. The van der Waals surface area contributed by atoms with E-state index in [1.54, 1.807) is 28.2 Å². The topological polar surface area (TPSA) is 107 Å². The van der Waals surface area contributed by atoms with Gasteiger partial charge < -0.3 is 9.09 Å². The molecule has 1 saturated heterocycles. The molecule has 0 N–H and O–H groups in total. The Balaban J connectivity index is 1.44. The van der Waals surface area contributed by atoms with Gasteiger partial charge in [-0.3, -0.25) is 4.98 Å². The van der Waals surface area contributed by atoms with E-state index in [-0.39, 0.29) is 11.1 Å². The summed E-state index contributed by atoms with van der Waals surface area (Å²) >= 11 is 0. The number of imidazole rings is 1. The molecule has 0 radical (unpaired) electrons. The Hall–Kier alpha value is -2.59. The number of nitrogens with zero attached hydrogens (tertiary/aromatic N) is 6. The third-order valence-corrected chi connectivity index (χ3v) is 6.47. The van der Waals surface area contributed by atoms with Crippen molar-refractivity contribution in [1.29, 1.82) is 0 Å². The van der Waals surface area contributed by atoms with Crippen molar-refractivity contribution in [1.82, 2.24) is 29.0 Å². The third-order valence-electron chi connectivity index (χ3n) is 4.63. The summed E-state index contributed by atoms with van der Waals surface area (Å²) in [4.78, 5) is 12.6. The van der Waals surface area contributed by atoms with Crippen LogP contribution in [0.4, 0.5) is 0 Å². The van der Waals surface area contributed by atoms with Crippen molar-refractivity contribution in [3.63, 3.8) is 0 Å². The molecule has 1 fully saturated rings. The van der Waals surface area contributed by atoms with E-state index in [4.69, 9.17) is 4.52 Å². The third kappa shape index (κ3) is 3.62. The second-order valence-corrected chi connectivity index (χ2v) is 8.40. The van der Waals surface area contributed by atoms with Crippen molar-refractivity contribution < 1.29 is 12.9 Å². The van der Waals surface area contributed by atoms with E-state index in [9.17, 15) is 8.42 Å². The smallest absolute Gasteiger partial charge is 0.276 e. The standard InChI is InChI=1S/C17H20N6O3S/c1-22-11-16(19-12-22)27(24,25)23-10-4-5-13(23)7-8-15-20-17(26-21-15)14-6-2-3-9-18-14/h2-3,6,9,11-13H,4-5,7-8,10H2,1H3. The van der Waals surface area contributed by atoms with Crippen LogP contribution in [0.5, 0.6) is 0 Å². The van der Waals surface area contributed by atoms with Gasteiger partial charge in [0, 0.05) is 38.4 Å². The summed E-state index contributed by atoms with van der Waals surface area (Å²) in [6.07, 6.45) is 7.51. The Morgan fingerprint density at radius 1 is 1.30 bits per heavy atom. The van der Waals surface area contributed by atoms with Crippen molar-refractivity contribution in [2.75, 3.05) is 6.54 Å². The number of aromatic nitrogens is 5. The molecule has 142 valence electrons. The second-order valence-electron chi connectivity index (χ2n) is 6.56. The molecule has 0 aliphatic carbocycles. The molecule has 1 aliphatic heterocycles. The fourth-order valence-corrected chi connectivity index (χ4v) is 4.99. The van der Waals surface area contributed by atoms with Gasteiger partial charge in [-0.05, 0) is 31.4 Å². The van der Waals surface area contributed by atoms with Crippen LogP contribution < -0.4 is 0 Å². The lowest BCUT2D eigenvalue weighted by atomic mass is 10.1. The molecule has 0 bridgehead atoms. The molecule has 27 heavy (non-hydrogen) atoms. The molecule has 3 aromatic heterocycles. The summed E-state index contributed by atoms with van der Waals surface area (Å²) in [6.45, 7) is 0.509. The van der Waals surface area contributed by atoms with Crippen molar-refractivity contribution >= 4 is 10.0 Å². The molecular weight excluding hydrogens is 368 g/mol. The van der Waals surface area contributed by atoms with E-state index < -0.39 is 10.0 Å². The summed E-state index contributed by atoms with van der Waals surface area (Å²) in [5.41, 5.74) is 0.622. The summed E-state index contributed by atoms with van der Waals surface area (Å²) < 4.78 is 34.2. The van der Waals surface area contributed by atoms with Gasteiger partial charge in [-0.25, -0.2) is 13.4 Å². The highest BCUT2D eigenvalue weighted by Crippen LogP contribution is 2.28. The van der Waals surface area contributed by atoms with Gasteiger partial charge in [-0.1, -0.05) is 11.2 Å². The Morgan fingerprint density at radius 3 is 2.93 bits per heavy atom. The fourth-order valence-electron chi connectivity index (χ4n) is 3.30. The quantitative estimate of drug-likeness (QED) is 0.632. The number of aryl methyl sites for hydroxylation is 2. The molecule has 3 aromatic rings. The summed E-state index contributed by atoms with van der Waals surface area (Å²) in [5, 5.41) is 4.08. The molecule has 0 amide bonds. The lowest BCUT2D eigenvalue weighted by molar-refractivity contribution is 0.363. The van der Waals surface area contributed by atoms with Crippen LogP contribution in [0.2, 0.25) is 0 Å². The van der Waals surface area contributed by atoms with Gasteiger partial charge in [-0.2, -0.15) is 9.29 Å². The van der Waals surface area contributed by atoms with E-state index in [0.29, 0.717) is 36.8 Å². The molecule has 9 nitrogen and oxygen atoms in total. The molecule has 0 aromatic carbocycles. The van der Waals surface area contributed by atoms with Crippen LogP contribution in [-0.2, 0) is 23.5 Å². The lowest BCUT2D eigenvalue weighted by Gasteiger charge is -2.22.